The Morgan fingerprint density at radius 3 is 2.80 bits per heavy atom. The monoisotopic (exact) mass is 606 g/mol. The van der Waals surface area contributed by atoms with E-state index in [1.54, 1.807) is 30.5 Å². The molecule has 35 heavy (non-hydrogen) atoms. The summed E-state index contributed by atoms with van der Waals surface area (Å²) in [7, 11) is 1.61. The molecular formula is C24H24ClIN6O3. The summed E-state index contributed by atoms with van der Waals surface area (Å²) >= 11 is 8.09. The van der Waals surface area contributed by atoms with Crippen molar-refractivity contribution in [3.8, 4) is 17.3 Å². The minimum absolute atomic E-state index is 0.223. The molecule has 2 amide bonds. The van der Waals surface area contributed by atoms with Gasteiger partial charge in [-0.3, -0.25) is 4.98 Å². The zero-order valence-corrected chi connectivity index (χ0v) is 22.2. The Kier molecular flexibility index (Phi) is 8.47. The molecule has 4 heterocycles. The standard InChI is InChI=1S/C24H24ClIN6O3/c1-15-3-5-17(12-27-15)29-24(33)32-10-8-20-19(13-32)23(35-18(7-9-26)14-34-2)31-22(30-20)16-4-6-21(25)28-11-16/h3-7,9,11-12,18H,8,10,13-14H2,1-2H3,(H,29,33)/b9-7-/t18-/m0/s1. The summed E-state index contributed by atoms with van der Waals surface area (Å²) in [6.45, 7) is 3.05. The van der Waals surface area contributed by atoms with Crippen LogP contribution in [-0.4, -0.2) is 57.2 Å². The number of nitrogens with zero attached hydrogens (tertiary/aromatic N) is 5. The summed E-state index contributed by atoms with van der Waals surface area (Å²) in [4.78, 5) is 32.5. The van der Waals surface area contributed by atoms with Gasteiger partial charge in [0.25, 0.3) is 0 Å². The summed E-state index contributed by atoms with van der Waals surface area (Å²) in [5, 5.41) is 3.29. The first kappa shape index (κ1) is 25.3. The predicted molar refractivity (Wildman–Crippen MR) is 142 cm³/mol. The van der Waals surface area contributed by atoms with Gasteiger partial charge in [-0.2, -0.15) is 4.98 Å². The number of fused-ring (bicyclic) bond motifs is 1. The number of halogens is 2. The molecule has 0 unspecified atom stereocenters. The van der Waals surface area contributed by atoms with E-state index < -0.39 is 0 Å². The summed E-state index contributed by atoms with van der Waals surface area (Å²) in [6, 6.07) is 6.96. The van der Waals surface area contributed by atoms with Gasteiger partial charge in [-0.25, -0.2) is 14.8 Å². The molecule has 0 spiro atoms. The Bertz CT molecular complexity index is 1210. The highest BCUT2D eigenvalue weighted by atomic mass is 127. The first-order chi connectivity index (χ1) is 17.0. The van der Waals surface area contributed by atoms with Crippen molar-refractivity contribution >= 4 is 45.9 Å². The van der Waals surface area contributed by atoms with Crippen LogP contribution in [0.25, 0.3) is 11.4 Å². The van der Waals surface area contributed by atoms with E-state index in [2.05, 4.69) is 37.9 Å². The molecule has 0 aromatic carbocycles. The van der Waals surface area contributed by atoms with Crippen molar-refractivity contribution in [2.24, 2.45) is 0 Å². The fourth-order valence-electron chi connectivity index (χ4n) is 3.55. The van der Waals surface area contributed by atoms with Gasteiger partial charge in [-0.15, -0.1) is 0 Å². The lowest BCUT2D eigenvalue weighted by Gasteiger charge is -2.30. The molecule has 0 fully saturated rings. The molecule has 1 aliphatic rings. The third-order valence-electron chi connectivity index (χ3n) is 5.34. The minimum Gasteiger partial charge on any atom is -0.467 e. The van der Waals surface area contributed by atoms with Crippen LogP contribution in [0.4, 0.5) is 10.5 Å². The van der Waals surface area contributed by atoms with Crippen LogP contribution in [-0.2, 0) is 17.7 Å². The van der Waals surface area contributed by atoms with Crippen molar-refractivity contribution in [1.82, 2.24) is 24.8 Å². The minimum atomic E-state index is -0.352. The first-order valence-corrected chi connectivity index (χ1v) is 12.5. The molecule has 4 rings (SSSR count). The summed E-state index contributed by atoms with van der Waals surface area (Å²) in [5.74, 6) is 0.896. The van der Waals surface area contributed by atoms with Gasteiger partial charge in [-0.1, -0.05) is 34.2 Å². The lowest BCUT2D eigenvalue weighted by Crippen LogP contribution is -2.39. The number of anilines is 1. The van der Waals surface area contributed by atoms with Gasteiger partial charge in [-0.05, 0) is 41.3 Å². The first-order valence-electron chi connectivity index (χ1n) is 10.9. The quantitative estimate of drug-likeness (QED) is 0.304. The Labute approximate surface area is 222 Å². The van der Waals surface area contributed by atoms with Gasteiger partial charge in [0.2, 0.25) is 5.88 Å². The van der Waals surface area contributed by atoms with Crippen LogP contribution in [0.2, 0.25) is 5.15 Å². The molecule has 0 saturated heterocycles. The van der Waals surface area contributed by atoms with Crippen LogP contribution in [0.1, 0.15) is 17.0 Å². The number of amides is 2. The Morgan fingerprint density at radius 1 is 1.26 bits per heavy atom. The van der Waals surface area contributed by atoms with Crippen LogP contribution in [0, 0.1) is 6.92 Å². The average Bonchev–Trinajstić information content (AvgIpc) is 2.86. The summed E-state index contributed by atoms with van der Waals surface area (Å²) in [6.07, 6.45) is 5.36. The fourth-order valence-corrected chi connectivity index (χ4v) is 4.13. The van der Waals surface area contributed by atoms with Crippen molar-refractivity contribution in [2.75, 3.05) is 25.6 Å². The number of rotatable bonds is 7. The molecule has 1 atom stereocenters. The van der Waals surface area contributed by atoms with Crippen molar-refractivity contribution in [3.05, 3.63) is 68.9 Å². The van der Waals surface area contributed by atoms with E-state index in [1.165, 1.54) is 0 Å². The number of ether oxygens (including phenoxy) is 2. The maximum absolute atomic E-state index is 13.0. The summed E-state index contributed by atoms with van der Waals surface area (Å²) in [5.41, 5.74) is 3.84. The van der Waals surface area contributed by atoms with E-state index >= 15 is 0 Å². The van der Waals surface area contributed by atoms with Crippen molar-refractivity contribution < 1.29 is 14.3 Å². The van der Waals surface area contributed by atoms with Crippen LogP contribution in [0.3, 0.4) is 0 Å². The van der Waals surface area contributed by atoms with Crippen molar-refractivity contribution in [3.63, 3.8) is 0 Å². The van der Waals surface area contributed by atoms with Crippen LogP contribution >= 0.6 is 34.2 Å². The number of hydrogen-bond donors (Lipinski definition) is 1. The van der Waals surface area contributed by atoms with E-state index in [1.807, 2.05) is 35.3 Å². The van der Waals surface area contributed by atoms with Gasteiger partial charge in [0.05, 0.1) is 36.3 Å². The molecule has 3 aromatic rings. The molecule has 1 aliphatic heterocycles. The van der Waals surface area contributed by atoms with Gasteiger partial charge in [0, 0.05) is 37.5 Å². The molecule has 0 bridgehead atoms. The van der Waals surface area contributed by atoms with E-state index in [9.17, 15) is 4.79 Å². The normalized spacial score (nSPS) is 14.0. The summed E-state index contributed by atoms with van der Waals surface area (Å²) < 4.78 is 13.4. The lowest BCUT2D eigenvalue weighted by molar-refractivity contribution is 0.103. The molecule has 0 saturated carbocycles. The number of aromatic nitrogens is 4. The van der Waals surface area contributed by atoms with Crippen LogP contribution in [0.15, 0.2) is 46.8 Å². The second-order valence-electron chi connectivity index (χ2n) is 7.87. The smallest absolute Gasteiger partial charge is 0.322 e. The molecular weight excluding hydrogens is 583 g/mol. The second-order valence-corrected chi connectivity index (χ2v) is 8.97. The fraction of sp³-hybridized carbons (Fsp3) is 0.292. The molecule has 1 N–H and O–H groups in total. The number of nitrogens with one attached hydrogen (secondary N) is 1. The van der Waals surface area contributed by atoms with Crippen LogP contribution < -0.4 is 10.1 Å². The molecule has 11 heteroatoms. The SMILES string of the molecule is COC[C@H](/C=C\I)Oc1nc(-c2ccc(Cl)nc2)nc2c1CN(C(=O)Nc1ccc(C)nc1)CC2. The molecule has 0 aliphatic carbocycles. The van der Waals surface area contributed by atoms with E-state index in [4.69, 9.17) is 31.0 Å². The number of carbonyl (C=O) groups is 1. The maximum atomic E-state index is 13.0. The largest absolute Gasteiger partial charge is 0.467 e. The average molecular weight is 607 g/mol. The number of hydrogen-bond acceptors (Lipinski definition) is 7. The van der Waals surface area contributed by atoms with E-state index in [0.717, 1.165) is 22.5 Å². The zero-order valence-electron chi connectivity index (χ0n) is 19.2. The zero-order chi connectivity index (χ0) is 24.8. The Hall–Kier alpha value is -2.83. The van der Waals surface area contributed by atoms with Crippen molar-refractivity contribution in [1.29, 1.82) is 0 Å². The number of urea groups is 1. The molecule has 9 nitrogen and oxygen atoms in total. The Balaban J connectivity index is 1.64. The van der Waals surface area contributed by atoms with Gasteiger partial charge in [0.1, 0.15) is 11.3 Å². The molecule has 3 aromatic heterocycles. The maximum Gasteiger partial charge on any atom is 0.322 e. The number of methoxy groups -OCH3 is 1. The number of carbonyl (C=O) groups excluding carboxylic acids is 1. The lowest BCUT2D eigenvalue weighted by atomic mass is 10.1. The van der Waals surface area contributed by atoms with Crippen LogP contribution in [0.5, 0.6) is 5.88 Å². The highest BCUT2D eigenvalue weighted by Crippen LogP contribution is 2.30. The second kappa shape index (κ2) is 11.7. The van der Waals surface area contributed by atoms with Gasteiger partial charge >= 0.3 is 6.03 Å². The highest BCUT2D eigenvalue weighted by molar-refractivity contribution is 14.1. The van der Waals surface area contributed by atoms with Gasteiger partial charge < -0.3 is 19.7 Å². The predicted octanol–water partition coefficient (Wildman–Crippen LogP) is 4.83. The van der Waals surface area contributed by atoms with E-state index in [0.29, 0.717) is 48.7 Å². The molecule has 182 valence electrons. The molecule has 0 radical (unpaired) electrons. The van der Waals surface area contributed by atoms with Crippen molar-refractivity contribution in [2.45, 2.75) is 26.0 Å². The van der Waals surface area contributed by atoms with Gasteiger partial charge in [0.15, 0.2) is 5.82 Å². The topological polar surface area (TPSA) is 102 Å². The van der Waals surface area contributed by atoms with E-state index in [-0.39, 0.29) is 12.1 Å². The Morgan fingerprint density at radius 2 is 2.11 bits per heavy atom. The highest BCUT2D eigenvalue weighted by Gasteiger charge is 2.28. The number of aryl methyl sites for hydroxylation is 1. The number of pyridine rings is 2. The third kappa shape index (κ3) is 6.44. The third-order valence-corrected chi connectivity index (χ3v) is 5.98.